The van der Waals surface area contributed by atoms with Gasteiger partial charge in [0.15, 0.2) is 5.65 Å². The highest BCUT2D eigenvalue weighted by atomic mass is 16.5. The zero-order valence-corrected chi connectivity index (χ0v) is 11.4. The van der Waals surface area contributed by atoms with Gasteiger partial charge in [-0.1, -0.05) is 0 Å². The Kier molecular flexibility index (Phi) is 3.64. The monoisotopic (exact) mass is 275 g/mol. The third-order valence-electron chi connectivity index (χ3n) is 3.59. The summed E-state index contributed by atoms with van der Waals surface area (Å²) in [5.41, 5.74) is 0.962. The minimum absolute atomic E-state index is 0.193. The number of hydrogen-bond donors (Lipinski definition) is 0. The lowest BCUT2D eigenvalue weighted by Gasteiger charge is -2.21. The van der Waals surface area contributed by atoms with Gasteiger partial charge in [-0.2, -0.15) is 0 Å². The zero-order valence-electron chi connectivity index (χ0n) is 11.4. The standard InChI is InChI=1S/C14H17N3O3/c1-19-14(18)11-6-4-7-17-12(15-16-13(11)17)9-10-5-2-3-8-20-10/h4,6-7,10H,2-3,5,8-9H2,1H3. The maximum absolute atomic E-state index is 11.7. The SMILES string of the molecule is COC(=O)c1cccn2c(CC3CCCCO3)nnc12. The molecule has 0 bridgehead atoms. The number of carbonyl (C=O) groups is 1. The first-order valence-electron chi connectivity index (χ1n) is 6.82. The van der Waals surface area contributed by atoms with Crippen molar-refractivity contribution in [2.45, 2.75) is 31.8 Å². The molecule has 1 unspecified atom stereocenters. The van der Waals surface area contributed by atoms with E-state index in [1.807, 2.05) is 10.6 Å². The predicted octanol–water partition coefficient (Wildman–Crippen LogP) is 1.63. The first-order valence-corrected chi connectivity index (χ1v) is 6.82. The number of ether oxygens (including phenoxy) is 2. The second kappa shape index (κ2) is 5.58. The zero-order chi connectivity index (χ0) is 13.9. The summed E-state index contributed by atoms with van der Waals surface area (Å²) in [6, 6.07) is 3.49. The Morgan fingerprint density at radius 3 is 3.15 bits per heavy atom. The molecule has 1 fully saturated rings. The fourth-order valence-corrected chi connectivity index (χ4v) is 2.54. The van der Waals surface area contributed by atoms with Crippen molar-refractivity contribution >= 4 is 11.6 Å². The Bertz CT molecular complexity index is 617. The molecule has 0 amide bonds. The molecular weight excluding hydrogens is 258 g/mol. The molecule has 3 heterocycles. The van der Waals surface area contributed by atoms with E-state index in [1.165, 1.54) is 13.5 Å². The lowest BCUT2D eigenvalue weighted by molar-refractivity contribution is 0.0155. The van der Waals surface area contributed by atoms with Gasteiger partial charge in [0, 0.05) is 19.2 Å². The molecule has 3 rings (SSSR count). The highest BCUT2D eigenvalue weighted by Gasteiger charge is 2.20. The Labute approximate surface area is 116 Å². The van der Waals surface area contributed by atoms with Gasteiger partial charge in [0.05, 0.1) is 13.2 Å². The van der Waals surface area contributed by atoms with E-state index >= 15 is 0 Å². The van der Waals surface area contributed by atoms with Crippen molar-refractivity contribution in [3.63, 3.8) is 0 Å². The summed E-state index contributed by atoms with van der Waals surface area (Å²) in [4.78, 5) is 11.7. The van der Waals surface area contributed by atoms with Gasteiger partial charge < -0.3 is 9.47 Å². The molecule has 0 N–H and O–H groups in total. The van der Waals surface area contributed by atoms with E-state index < -0.39 is 5.97 Å². The van der Waals surface area contributed by atoms with Crippen molar-refractivity contribution in [3.8, 4) is 0 Å². The Morgan fingerprint density at radius 1 is 1.50 bits per heavy atom. The first-order chi connectivity index (χ1) is 9.79. The molecule has 1 aliphatic rings. The first kappa shape index (κ1) is 13.1. The highest BCUT2D eigenvalue weighted by molar-refractivity contribution is 5.95. The molecule has 0 aliphatic carbocycles. The van der Waals surface area contributed by atoms with Crippen LogP contribution in [0.15, 0.2) is 18.3 Å². The molecule has 2 aromatic heterocycles. The van der Waals surface area contributed by atoms with Crippen LogP contribution < -0.4 is 0 Å². The van der Waals surface area contributed by atoms with Gasteiger partial charge in [0.25, 0.3) is 0 Å². The third kappa shape index (κ3) is 2.38. The lowest BCUT2D eigenvalue weighted by atomic mass is 10.1. The number of aromatic nitrogens is 3. The minimum atomic E-state index is -0.400. The Morgan fingerprint density at radius 2 is 2.40 bits per heavy atom. The van der Waals surface area contributed by atoms with E-state index in [-0.39, 0.29) is 6.10 Å². The van der Waals surface area contributed by atoms with Gasteiger partial charge >= 0.3 is 5.97 Å². The predicted molar refractivity (Wildman–Crippen MR) is 71.6 cm³/mol. The van der Waals surface area contributed by atoms with Crippen molar-refractivity contribution in [1.82, 2.24) is 14.6 Å². The number of hydrogen-bond acceptors (Lipinski definition) is 5. The molecule has 1 saturated heterocycles. The van der Waals surface area contributed by atoms with Gasteiger partial charge in [0.1, 0.15) is 11.4 Å². The number of rotatable bonds is 3. The summed E-state index contributed by atoms with van der Waals surface area (Å²) in [6.07, 6.45) is 6.13. The molecule has 20 heavy (non-hydrogen) atoms. The van der Waals surface area contributed by atoms with Crippen LogP contribution in [0.5, 0.6) is 0 Å². The quantitative estimate of drug-likeness (QED) is 0.796. The highest BCUT2D eigenvalue weighted by Crippen LogP contribution is 2.18. The molecule has 0 aromatic carbocycles. The third-order valence-corrected chi connectivity index (χ3v) is 3.59. The van der Waals surface area contributed by atoms with Crippen LogP contribution in [0.25, 0.3) is 5.65 Å². The van der Waals surface area contributed by atoms with Crippen LogP contribution in [-0.4, -0.2) is 40.4 Å². The van der Waals surface area contributed by atoms with Crippen LogP contribution in [0.3, 0.4) is 0 Å². The van der Waals surface area contributed by atoms with Crippen molar-refractivity contribution in [3.05, 3.63) is 29.7 Å². The molecule has 6 heteroatoms. The topological polar surface area (TPSA) is 65.7 Å². The van der Waals surface area contributed by atoms with Crippen molar-refractivity contribution in [1.29, 1.82) is 0 Å². The average molecular weight is 275 g/mol. The fraction of sp³-hybridized carbons (Fsp3) is 0.500. The summed E-state index contributed by atoms with van der Waals surface area (Å²) in [5.74, 6) is 0.418. The van der Waals surface area contributed by atoms with Crippen molar-refractivity contribution in [2.24, 2.45) is 0 Å². The van der Waals surface area contributed by atoms with E-state index in [0.717, 1.165) is 25.3 Å². The minimum Gasteiger partial charge on any atom is -0.465 e. The summed E-state index contributed by atoms with van der Waals surface area (Å²) < 4.78 is 12.3. The molecular formula is C14H17N3O3. The molecule has 0 saturated carbocycles. The fourth-order valence-electron chi connectivity index (χ4n) is 2.54. The average Bonchev–Trinajstić information content (AvgIpc) is 2.91. The van der Waals surface area contributed by atoms with Crippen LogP contribution >= 0.6 is 0 Å². The van der Waals surface area contributed by atoms with Gasteiger partial charge in [-0.3, -0.25) is 4.40 Å². The van der Waals surface area contributed by atoms with Gasteiger partial charge in [-0.15, -0.1) is 10.2 Å². The Balaban J connectivity index is 1.91. The Hall–Kier alpha value is -1.95. The van der Waals surface area contributed by atoms with Gasteiger partial charge in [-0.05, 0) is 31.4 Å². The van der Waals surface area contributed by atoms with Crippen molar-refractivity contribution < 1.29 is 14.3 Å². The number of fused-ring (bicyclic) bond motifs is 1. The number of carbonyl (C=O) groups excluding carboxylic acids is 1. The summed E-state index contributed by atoms with van der Waals surface area (Å²) in [6.45, 7) is 0.814. The smallest absolute Gasteiger partial charge is 0.341 e. The second-order valence-corrected chi connectivity index (χ2v) is 4.92. The largest absolute Gasteiger partial charge is 0.465 e. The second-order valence-electron chi connectivity index (χ2n) is 4.92. The van der Waals surface area contributed by atoms with Gasteiger partial charge in [0.2, 0.25) is 0 Å². The number of nitrogens with zero attached hydrogens (tertiary/aromatic N) is 3. The molecule has 6 nitrogen and oxygen atoms in total. The van der Waals surface area contributed by atoms with E-state index in [0.29, 0.717) is 17.6 Å². The molecule has 1 aliphatic heterocycles. The van der Waals surface area contributed by atoms with Crippen LogP contribution in [0.1, 0.15) is 35.4 Å². The van der Waals surface area contributed by atoms with Crippen LogP contribution in [0, 0.1) is 0 Å². The number of methoxy groups -OCH3 is 1. The van der Waals surface area contributed by atoms with E-state index in [9.17, 15) is 4.79 Å². The number of esters is 1. The van der Waals surface area contributed by atoms with E-state index in [4.69, 9.17) is 9.47 Å². The van der Waals surface area contributed by atoms with Crippen molar-refractivity contribution in [2.75, 3.05) is 13.7 Å². The molecule has 0 radical (unpaired) electrons. The molecule has 0 spiro atoms. The molecule has 1 atom stereocenters. The van der Waals surface area contributed by atoms with E-state index in [1.54, 1.807) is 12.1 Å². The summed E-state index contributed by atoms with van der Waals surface area (Å²) in [7, 11) is 1.36. The molecule has 2 aromatic rings. The van der Waals surface area contributed by atoms with Crippen LogP contribution in [0.4, 0.5) is 0 Å². The normalized spacial score (nSPS) is 19.1. The van der Waals surface area contributed by atoms with Gasteiger partial charge in [-0.25, -0.2) is 4.79 Å². The van der Waals surface area contributed by atoms with Crippen LogP contribution in [0.2, 0.25) is 0 Å². The number of pyridine rings is 1. The summed E-state index contributed by atoms with van der Waals surface area (Å²) >= 11 is 0. The maximum atomic E-state index is 11.7. The molecule has 106 valence electrons. The maximum Gasteiger partial charge on any atom is 0.341 e. The van der Waals surface area contributed by atoms with Crippen LogP contribution in [-0.2, 0) is 15.9 Å². The summed E-state index contributed by atoms with van der Waals surface area (Å²) in [5, 5.41) is 8.30. The lowest BCUT2D eigenvalue weighted by Crippen LogP contribution is -2.22. The van der Waals surface area contributed by atoms with E-state index in [2.05, 4.69) is 10.2 Å².